The minimum atomic E-state index is -4.54. The molecule has 2 heterocycles. The fourth-order valence-corrected chi connectivity index (χ4v) is 2.85. The molecule has 5 nitrogen and oxygen atoms in total. The standard InChI is InChI=1S/C15H15ClF3N5/c16-11-4-3-9(7-10(11)15(17,18)19)23-13-12(20)14(22-8-21-13)24-5-1-2-6-24/h3-4,7-8H,1-2,5-6,20H2,(H,21,22,23). The number of nitrogens with one attached hydrogen (secondary N) is 1. The number of aromatic nitrogens is 2. The predicted molar refractivity (Wildman–Crippen MR) is 87.6 cm³/mol. The zero-order chi connectivity index (χ0) is 17.3. The molecule has 1 saturated heterocycles. The third kappa shape index (κ3) is 3.33. The number of nitrogen functional groups attached to an aromatic ring is 1. The van der Waals surface area contributed by atoms with E-state index in [4.69, 9.17) is 17.3 Å². The van der Waals surface area contributed by atoms with Crippen LogP contribution in [-0.4, -0.2) is 23.1 Å². The molecule has 1 aliphatic heterocycles. The maximum absolute atomic E-state index is 12.9. The van der Waals surface area contributed by atoms with Crippen LogP contribution >= 0.6 is 11.6 Å². The zero-order valence-electron chi connectivity index (χ0n) is 12.6. The van der Waals surface area contributed by atoms with Crippen molar-refractivity contribution >= 4 is 34.6 Å². The third-order valence-electron chi connectivity index (χ3n) is 3.80. The maximum Gasteiger partial charge on any atom is 0.417 e. The van der Waals surface area contributed by atoms with Crippen LogP contribution in [0.2, 0.25) is 5.02 Å². The van der Waals surface area contributed by atoms with Gasteiger partial charge in [0, 0.05) is 18.8 Å². The van der Waals surface area contributed by atoms with Gasteiger partial charge in [-0.25, -0.2) is 9.97 Å². The number of rotatable bonds is 3. The second kappa shape index (κ2) is 6.35. The number of nitrogens with zero attached hydrogens (tertiary/aromatic N) is 3. The fourth-order valence-electron chi connectivity index (χ4n) is 2.62. The quantitative estimate of drug-likeness (QED) is 0.866. The summed E-state index contributed by atoms with van der Waals surface area (Å²) in [4.78, 5) is 10.2. The van der Waals surface area contributed by atoms with E-state index in [1.54, 1.807) is 0 Å². The third-order valence-corrected chi connectivity index (χ3v) is 4.13. The molecule has 0 atom stereocenters. The first kappa shape index (κ1) is 16.6. The van der Waals surface area contributed by atoms with Crippen molar-refractivity contribution in [1.29, 1.82) is 0 Å². The first-order valence-electron chi connectivity index (χ1n) is 7.35. The Morgan fingerprint density at radius 3 is 2.54 bits per heavy atom. The Morgan fingerprint density at radius 2 is 1.88 bits per heavy atom. The largest absolute Gasteiger partial charge is 0.417 e. The average Bonchev–Trinajstić information content (AvgIpc) is 3.04. The van der Waals surface area contributed by atoms with Crippen LogP contribution in [0, 0.1) is 0 Å². The minimum Gasteiger partial charge on any atom is -0.393 e. The summed E-state index contributed by atoms with van der Waals surface area (Å²) in [6, 6.07) is 3.56. The molecule has 0 radical (unpaired) electrons. The van der Waals surface area contributed by atoms with Crippen molar-refractivity contribution in [3.8, 4) is 0 Å². The summed E-state index contributed by atoms with van der Waals surface area (Å²) in [7, 11) is 0. The molecule has 2 aromatic rings. The zero-order valence-corrected chi connectivity index (χ0v) is 13.3. The lowest BCUT2D eigenvalue weighted by Gasteiger charge is -2.20. The van der Waals surface area contributed by atoms with Crippen molar-refractivity contribution in [3.05, 3.63) is 35.1 Å². The summed E-state index contributed by atoms with van der Waals surface area (Å²) >= 11 is 5.62. The molecule has 1 aliphatic rings. The van der Waals surface area contributed by atoms with E-state index in [2.05, 4.69) is 15.3 Å². The van der Waals surface area contributed by atoms with E-state index in [9.17, 15) is 13.2 Å². The molecule has 128 valence electrons. The molecule has 9 heteroatoms. The first-order valence-corrected chi connectivity index (χ1v) is 7.73. The van der Waals surface area contributed by atoms with Gasteiger partial charge < -0.3 is 16.0 Å². The summed E-state index contributed by atoms with van der Waals surface area (Å²) in [5.41, 5.74) is 5.68. The lowest BCUT2D eigenvalue weighted by atomic mass is 10.2. The van der Waals surface area contributed by atoms with Crippen LogP contribution in [0.3, 0.4) is 0 Å². The van der Waals surface area contributed by atoms with Crippen LogP contribution in [0.25, 0.3) is 0 Å². The SMILES string of the molecule is Nc1c(Nc2ccc(Cl)c(C(F)(F)F)c2)ncnc1N1CCCC1. The van der Waals surface area contributed by atoms with E-state index in [1.807, 2.05) is 4.90 Å². The Morgan fingerprint density at radius 1 is 1.17 bits per heavy atom. The number of anilines is 4. The Kier molecular flexibility index (Phi) is 4.40. The lowest BCUT2D eigenvalue weighted by Crippen LogP contribution is -2.21. The first-order chi connectivity index (χ1) is 11.4. The van der Waals surface area contributed by atoms with Gasteiger partial charge in [0.1, 0.15) is 12.0 Å². The summed E-state index contributed by atoms with van der Waals surface area (Å²) < 4.78 is 38.8. The Bertz CT molecular complexity index is 744. The van der Waals surface area contributed by atoms with E-state index < -0.39 is 11.7 Å². The van der Waals surface area contributed by atoms with Gasteiger partial charge in [-0.15, -0.1) is 0 Å². The molecule has 0 unspecified atom stereocenters. The van der Waals surface area contributed by atoms with Crippen molar-refractivity contribution in [2.24, 2.45) is 0 Å². The van der Waals surface area contributed by atoms with Crippen molar-refractivity contribution in [1.82, 2.24) is 9.97 Å². The van der Waals surface area contributed by atoms with E-state index in [0.29, 0.717) is 11.5 Å². The highest BCUT2D eigenvalue weighted by Crippen LogP contribution is 2.37. The van der Waals surface area contributed by atoms with Gasteiger partial charge in [-0.05, 0) is 31.0 Å². The topological polar surface area (TPSA) is 67.1 Å². The number of halogens is 4. The molecule has 0 amide bonds. The van der Waals surface area contributed by atoms with Crippen LogP contribution < -0.4 is 16.0 Å². The summed E-state index contributed by atoms with van der Waals surface area (Å²) in [5, 5.41) is 2.45. The number of alkyl halides is 3. The Balaban J connectivity index is 1.90. The number of benzene rings is 1. The number of hydrogen-bond acceptors (Lipinski definition) is 5. The van der Waals surface area contributed by atoms with Crippen molar-refractivity contribution in [3.63, 3.8) is 0 Å². The molecule has 1 aromatic heterocycles. The molecule has 3 N–H and O–H groups in total. The fraction of sp³-hybridized carbons (Fsp3) is 0.333. The van der Waals surface area contributed by atoms with Gasteiger partial charge in [-0.3, -0.25) is 0 Å². The second-order valence-corrected chi connectivity index (χ2v) is 5.88. The smallest absolute Gasteiger partial charge is 0.393 e. The van der Waals surface area contributed by atoms with Gasteiger partial charge in [0.15, 0.2) is 11.6 Å². The predicted octanol–water partition coefficient (Wildman–Crippen LogP) is 4.07. The van der Waals surface area contributed by atoms with Crippen LogP contribution in [-0.2, 0) is 6.18 Å². The number of hydrogen-bond donors (Lipinski definition) is 2. The monoisotopic (exact) mass is 357 g/mol. The molecule has 1 fully saturated rings. The van der Waals surface area contributed by atoms with Gasteiger partial charge in [0.05, 0.1) is 10.6 Å². The van der Waals surface area contributed by atoms with Gasteiger partial charge in [-0.1, -0.05) is 11.6 Å². The molecule has 24 heavy (non-hydrogen) atoms. The van der Waals surface area contributed by atoms with E-state index in [0.717, 1.165) is 32.0 Å². The normalized spacial score (nSPS) is 14.9. The Hall–Kier alpha value is -2.22. The van der Waals surface area contributed by atoms with Gasteiger partial charge in [-0.2, -0.15) is 13.2 Å². The molecule has 0 saturated carbocycles. The van der Waals surface area contributed by atoms with Crippen molar-refractivity contribution in [2.75, 3.05) is 29.0 Å². The highest BCUT2D eigenvalue weighted by molar-refractivity contribution is 6.31. The minimum absolute atomic E-state index is 0.199. The molecular formula is C15H15ClF3N5. The molecule has 3 rings (SSSR count). The molecular weight excluding hydrogens is 343 g/mol. The van der Waals surface area contributed by atoms with E-state index >= 15 is 0 Å². The molecule has 0 aliphatic carbocycles. The second-order valence-electron chi connectivity index (χ2n) is 5.47. The maximum atomic E-state index is 12.9. The van der Waals surface area contributed by atoms with Crippen LogP contribution in [0.1, 0.15) is 18.4 Å². The van der Waals surface area contributed by atoms with Gasteiger partial charge >= 0.3 is 6.18 Å². The highest BCUT2D eigenvalue weighted by atomic mass is 35.5. The lowest BCUT2D eigenvalue weighted by molar-refractivity contribution is -0.137. The summed E-state index contributed by atoms with van der Waals surface area (Å²) in [6.07, 6.45) is -1.09. The number of nitrogens with two attached hydrogens (primary N) is 1. The van der Waals surface area contributed by atoms with Crippen molar-refractivity contribution in [2.45, 2.75) is 19.0 Å². The molecule has 1 aromatic carbocycles. The van der Waals surface area contributed by atoms with E-state index in [1.165, 1.54) is 18.5 Å². The van der Waals surface area contributed by atoms with Gasteiger partial charge in [0.2, 0.25) is 0 Å². The van der Waals surface area contributed by atoms with E-state index in [-0.39, 0.29) is 16.5 Å². The van der Waals surface area contributed by atoms with Crippen LogP contribution in [0.5, 0.6) is 0 Å². The molecule has 0 spiro atoms. The summed E-state index contributed by atoms with van der Waals surface area (Å²) in [6.45, 7) is 1.69. The summed E-state index contributed by atoms with van der Waals surface area (Å²) in [5.74, 6) is 0.859. The van der Waals surface area contributed by atoms with Crippen LogP contribution in [0.15, 0.2) is 24.5 Å². The highest BCUT2D eigenvalue weighted by Gasteiger charge is 2.33. The molecule has 0 bridgehead atoms. The van der Waals surface area contributed by atoms with Crippen LogP contribution in [0.4, 0.5) is 36.2 Å². The van der Waals surface area contributed by atoms with Crippen molar-refractivity contribution < 1.29 is 13.2 Å². The Labute approximate surface area is 141 Å². The average molecular weight is 358 g/mol. The van der Waals surface area contributed by atoms with Gasteiger partial charge in [0.25, 0.3) is 0 Å².